The molecule has 5 rings (SSSR count). The number of pyridine rings is 1. The van der Waals surface area contributed by atoms with Gasteiger partial charge in [0.1, 0.15) is 33.6 Å². The molecule has 5 aromatic rings. The molecule has 0 aliphatic carbocycles. The molecule has 2 aromatic carbocycles. The van der Waals surface area contributed by atoms with E-state index in [1.54, 1.807) is 24.3 Å². The molecular formula is C28H19F4N3O5S. The highest BCUT2D eigenvalue weighted by Gasteiger charge is 2.35. The van der Waals surface area contributed by atoms with Crippen LogP contribution in [0.3, 0.4) is 0 Å². The van der Waals surface area contributed by atoms with Gasteiger partial charge >= 0.3 is 6.18 Å². The Labute approximate surface area is 233 Å². The Hall–Kier alpha value is -4.91. The third-order valence-electron chi connectivity index (χ3n) is 5.89. The van der Waals surface area contributed by atoms with Crippen molar-refractivity contribution in [3.63, 3.8) is 0 Å². The number of halogens is 4. The zero-order valence-corrected chi connectivity index (χ0v) is 21.9. The van der Waals surface area contributed by atoms with Crippen LogP contribution in [0.25, 0.3) is 21.3 Å². The number of benzene rings is 2. The molecule has 0 aliphatic heterocycles. The van der Waals surface area contributed by atoms with Gasteiger partial charge in [-0.15, -0.1) is 11.3 Å². The maximum absolute atomic E-state index is 13.7. The predicted molar refractivity (Wildman–Crippen MR) is 143 cm³/mol. The highest BCUT2D eigenvalue weighted by molar-refractivity contribution is 7.21. The number of alkyl halides is 3. The number of nitrogens with two attached hydrogens (primary N) is 1. The number of carbonyl (C=O) groups is 2. The first-order valence-corrected chi connectivity index (χ1v) is 12.6. The molecule has 210 valence electrons. The van der Waals surface area contributed by atoms with Crippen LogP contribution in [0.15, 0.2) is 71.1 Å². The normalized spacial score (nSPS) is 11.4. The summed E-state index contributed by atoms with van der Waals surface area (Å²) in [5.74, 6) is -1.33. The molecule has 0 atom stereocenters. The van der Waals surface area contributed by atoms with E-state index in [-0.39, 0.29) is 50.0 Å². The van der Waals surface area contributed by atoms with Gasteiger partial charge in [-0.25, -0.2) is 9.37 Å². The number of carbonyl (C=O) groups excluding carboxylic acids is 2. The topological polar surface area (TPSA) is 117 Å². The number of ether oxygens (including phenoxy) is 2. The molecule has 0 radical (unpaired) electrons. The first-order valence-electron chi connectivity index (χ1n) is 11.8. The number of nitrogens with zero attached hydrogens (tertiary/aromatic N) is 1. The van der Waals surface area contributed by atoms with Crippen molar-refractivity contribution in [1.82, 2.24) is 4.98 Å². The van der Waals surface area contributed by atoms with Crippen LogP contribution in [0.4, 0.5) is 23.2 Å². The fraction of sp³-hybridized carbons (Fsp3) is 0.107. The van der Waals surface area contributed by atoms with E-state index in [2.05, 4.69) is 10.3 Å². The number of rotatable bonds is 8. The van der Waals surface area contributed by atoms with Gasteiger partial charge in [-0.3, -0.25) is 9.59 Å². The highest BCUT2D eigenvalue weighted by atomic mass is 32.1. The summed E-state index contributed by atoms with van der Waals surface area (Å²) in [6.45, 7) is -0.0412. The van der Waals surface area contributed by atoms with Crippen molar-refractivity contribution in [1.29, 1.82) is 0 Å². The van der Waals surface area contributed by atoms with E-state index in [4.69, 9.17) is 19.6 Å². The van der Waals surface area contributed by atoms with E-state index in [0.29, 0.717) is 22.8 Å². The van der Waals surface area contributed by atoms with Gasteiger partial charge in [0.15, 0.2) is 17.3 Å². The Kier molecular flexibility index (Phi) is 7.37. The minimum absolute atomic E-state index is 0.0306. The number of hydrogen-bond donors (Lipinski definition) is 2. The van der Waals surface area contributed by atoms with Crippen LogP contribution in [-0.2, 0) is 12.8 Å². The lowest BCUT2D eigenvalue weighted by Crippen LogP contribution is -2.16. The second kappa shape index (κ2) is 10.9. The molecule has 3 heterocycles. The number of aromatic nitrogens is 1. The standard InChI is InChI=1S/C28H19F4N3O5S/c1-38-18-4-2-3-5-19(18)39-13-16-10-11-20(40-16)26(37)35-23-22-17(14-6-8-15(29)9-7-14)12-21(28(30,31)32)34-27(22)41-24(23)25(33)36/h2-12H,13H2,1H3,(H2,33,36)(H,35,37). The maximum Gasteiger partial charge on any atom is 0.433 e. The summed E-state index contributed by atoms with van der Waals surface area (Å²) in [7, 11) is 1.49. The molecule has 41 heavy (non-hydrogen) atoms. The molecule has 0 saturated heterocycles. The summed E-state index contributed by atoms with van der Waals surface area (Å²) < 4.78 is 71.2. The number of anilines is 1. The molecule has 13 heteroatoms. The third-order valence-corrected chi connectivity index (χ3v) is 6.99. The quantitative estimate of drug-likeness (QED) is 0.197. The van der Waals surface area contributed by atoms with Crippen molar-refractivity contribution >= 4 is 39.1 Å². The predicted octanol–water partition coefficient (Wildman–Crippen LogP) is 6.65. The first-order chi connectivity index (χ1) is 19.5. The minimum Gasteiger partial charge on any atom is -0.493 e. The lowest BCUT2D eigenvalue weighted by molar-refractivity contribution is -0.140. The number of primary amides is 1. The highest BCUT2D eigenvalue weighted by Crippen LogP contribution is 2.44. The summed E-state index contributed by atoms with van der Waals surface area (Å²) >= 11 is 0.589. The van der Waals surface area contributed by atoms with E-state index < -0.39 is 29.5 Å². The van der Waals surface area contributed by atoms with Gasteiger partial charge in [0.05, 0.1) is 12.8 Å². The molecule has 0 saturated carbocycles. The van der Waals surface area contributed by atoms with Crippen LogP contribution < -0.4 is 20.5 Å². The van der Waals surface area contributed by atoms with Crippen LogP contribution >= 0.6 is 11.3 Å². The fourth-order valence-electron chi connectivity index (χ4n) is 4.03. The molecule has 0 fully saturated rings. The summed E-state index contributed by atoms with van der Waals surface area (Å²) in [5, 5.41) is 2.57. The van der Waals surface area contributed by atoms with Crippen molar-refractivity contribution in [3.05, 3.63) is 94.6 Å². The number of thiophene rings is 1. The van der Waals surface area contributed by atoms with E-state index in [0.717, 1.165) is 18.2 Å². The maximum atomic E-state index is 13.7. The number of nitrogens with one attached hydrogen (secondary N) is 1. The number of hydrogen-bond acceptors (Lipinski definition) is 7. The largest absolute Gasteiger partial charge is 0.493 e. The lowest BCUT2D eigenvalue weighted by atomic mass is 10.0. The Bertz CT molecular complexity index is 1760. The van der Waals surface area contributed by atoms with Crippen LogP contribution in [0, 0.1) is 5.82 Å². The van der Waals surface area contributed by atoms with Crippen LogP contribution in [0.1, 0.15) is 31.7 Å². The average Bonchev–Trinajstić information content (AvgIpc) is 3.57. The minimum atomic E-state index is -4.82. The smallest absolute Gasteiger partial charge is 0.433 e. The zero-order chi connectivity index (χ0) is 29.3. The van der Waals surface area contributed by atoms with Crippen LogP contribution in [0.2, 0.25) is 0 Å². The number of para-hydroxylation sites is 2. The Morgan fingerprint density at radius 2 is 1.76 bits per heavy atom. The van der Waals surface area contributed by atoms with Gasteiger partial charge in [-0.05, 0) is 53.6 Å². The number of fused-ring (bicyclic) bond motifs is 1. The Morgan fingerprint density at radius 1 is 1.05 bits per heavy atom. The summed E-state index contributed by atoms with van der Waals surface area (Å²) in [6, 6.07) is 15.3. The number of furan rings is 1. The molecule has 3 N–H and O–H groups in total. The molecule has 0 aliphatic rings. The fourth-order valence-corrected chi connectivity index (χ4v) is 5.04. The Balaban J connectivity index is 1.51. The summed E-state index contributed by atoms with van der Waals surface area (Å²) in [6.07, 6.45) is -4.82. The van der Waals surface area contributed by atoms with Gasteiger partial charge in [0.25, 0.3) is 11.8 Å². The van der Waals surface area contributed by atoms with E-state index in [1.165, 1.54) is 31.4 Å². The molecule has 8 nitrogen and oxygen atoms in total. The van der Waals surface area contributed by atoms with Crippen LogP contribution in [-0.4, -0.2) is 23.9 Å². The van der Waals surface area contributed by atoms with Crippen molar-refractivity contribution < 1.29 is 41.0 Å². The molecule has 0 bridgehead atoms. The second-order valence-corrected chi connectivity index (χ2v) is 9.57. The third kappa shape index (κ3) is 5.70. The lowest BCUT2D eigenvalue weighted by Gasteiger charge is -2.12. The van der Waals surface area contributed by atoms with Crippen molar-refractivity contribution in [2.24, 2.45) is 5.73 Å². The van der Waals surface area contributed by atoms with Gasteiger partial charge in [-0.1, -0.05) is 24.3 Å². The van der Waals surface area contributed by atoms with Gasteiger partial charge in [0, 0.05) is 5.39 Å². The van der Waals surface area contributed by atoms with E-state index in [1.807, 2.05) is 0 Å². The first kappa shape index (κ1) is 27.6. The van der Waals surface area contributed by atoms with Gasteiger partial charge in [0.2, 0.25) is 0 Å². The van der Waals surface area contributed by atoms with Gasteiger partial charge in [-0.2, -0.15) is 13.2 Å². The van der Waals surface area contributed by atoms with Crippen molar-refractivity contribution in [2.75, 3.05) is 12.4 Å². The van der Waals surface area contributed by atoms with Crippen molar-refractivity contribution in [2.45, 2.75) is 12.8 Å². The number of amides is 2. The molecular weight excluding hydrogens is 566 g/mol. The number of methoxy groups -OCH3 is 1. The SMILES string of the molecule is COc1ccccc1OCc1ccc(C(=O)Nc2c(C(N)=O)sc3nc(C(F)(F)F)cc(-c4ccc(F)cc4)c23)o1. The van der Waals surface area contributed by atoms with Gasteiger partial charge < -0.3 is 24.9 Å². The van der Waals surface area contributed by atoms with E-state index in [9.17, 15) is 27.2 Å². The monoisotopic (exact) mass is 585 g/mol. The molecule has 2 amide bonds. The summed E-state index contributed by atoms with van der Waals surface area (Å²) in [4.78, 5) is 28.7. The second-order valence-electron chi connectivity index (χ2n) is 8.57. The van der Waals surface area contributed by atoms with Crippen molar-refractivity contribution in [3.8, 4) is 22.6 Å². The summed E-state index contributed by atoms with van der Waals surface area (Å²) in [5.41, 5.74) is 4.30. The molecule has 0 spiro atoms. The molecule has 3 aromatic heterocycles. The average molecular weight is 586 g/mol. The zero-order valence-electron chi connectivity index (χ0n) is 21.0. The molecule has 0 unspecified atom stereocenters. The van der Waals surface area contributed by atoms with Crippen LogP contribution in [0.5, 0.6) is 11.5 Å². The Morgan fingerprint density at radius 3 is 2.41 bits per heavy atom. The van der Waals surface area contributed by atoms with E-state index >= 15 is 0 Å².